The van der Waals surface area contributed by atoms with Crippen LogP contribution >= 0.6 is 0 Å². The quantitative estimate of drug-likeness (QED) is 0.469. The molecule has 3 aliphatic heterocycles. The van der Waals surface area contributed by atoms with E-state index in [1.54, 1.807) is 6.07 Å². The van der Waals surface area contributed by atoms with Crippen molar-refractivity contribution in [3.63, 3.8) is 0 Å². The van der Waals surface area contributed by atoms with Crippen molar-refractivity contribution >= 4 is 17.4 Å². The van der Waals surface area contributed by atoms with Gasteiger partial charge in [0.2, 0.25) is 0 Å². The zero-order chi connectivity index (χ0) is 27.4. The summed E-state index contributed by atoms with van der Waals surface area (Å²) in [5.74, 6) is 0.267. The Bertz CT molecular complexity index is 1150. The Balaban J connectivity index is 1.25. The number of pyridine rings is 1. The monoisotopic (exact) mass is 542 g/mol. The summed E-state index contributed by atoms with van der Waals surface area (Å²) >= 11 is 0. The van der Waals surface area contributed by atoms with Gasteiger partial charge in [0.25, 0.3) is 5.91 Å². The molecule has 2 aromatic rings. The average molecular weight is 543 g/mol. The molecule has 2 saturated heterocycles. The molecule has 0 aliphatic carbocycles. The van der Waals surface area contributed by atoms with Crippen LogP contribution < -0.4 is 10.2 Å². The van der Waals surface area contributed by atoms with E-state index in [-0.39, 0.29) is 6.42 Å². The van der Waals surface area contributed by atoms with Gasteiger partial charge in [-0.25, -0.2) is 4.98 Å². The summed E-state index contributed by atoms with van der Waals surface area (Å²) in [6.07, 6.45) is 0.984. The lowest BCUT2D eigenvalue weighted by Gasteiger charge is -2.36. The predicted molar refractivity (Wildman–Crippen MR) is 145 cm³/mol. The van der Waals surface area contributed by atoms with E-state index < -0.39 is 29.6 Å². The molecule has 5 rings (SSSR count). The van der Waals surface area contributed by atoms with E-state index in [1.165, 1.54) is 11.8 Å². The number of likely N-dealkylation sites (tertiary alicyclic amines) is 1. The zero-order valence-electron chi connectivity index (χ0n) is 22.4. The lowest BCUT2D eigenvalue weighted by atomic mass is 9.89. The highest BCUT2D eigenvalue weighted by Gasteiger charge is 2.42. The van der Waals surface area contributed by atoms with Gasteiger partial charge in [-0.1, -0.05) is 37.3 Å². The number of amides is 1. The van der Waals surface area contributed by atoms with E-state index in [4.69, 9.17) is 4.74 Å². The second-order valence-electron chi connectivity index (χ2n) is 11.0. The Morgan fingerprint density at radius 3 is 2.44 bits per heavy atom. The number of piperidine rings is 2. The van der Waals surface area contributed by atoms with Crippen LogP contribution in [0.15, 0.2) is 60.0 Å². The minimum absolute atomic E-state index is 0.234. The number of anilines is 2. The van der Waals surface area contributed by atoms with Crippen LogP contribution in [0.3, 0.4) is 0 Å². The zero-order valence-corrected chi connectivity index (χ0v) is 22.4. The van der Waals surface area contributed by atoms with E-state index in [1.807, 2.05) is 12.1 Å². The molecule has 9 heteroatoms. The number of hydrogen-bond acceptors (Lipinski definition) is 5. The van der Waals surface area contributed by atoms with Crippen molar-refractivity contribution in [1.29, 1.82) is 0 Å². The van der Waals surface area contributed by atoms with Gasteiger partial charge >= 0.3 is 6.18 Å². The molecule has 0 radical (unpaired) electrons. The van der Waals surface area contributed by atoms with Crippen molar-refractivity contribution in [2.24, 2.45) is 5.92 Å². The molecule has 6 nitrogen and oxygen atoms in total. The standard InChI is InChI=1S/C30H37F3N4O2/c1-21-7-6-16-37(20-21)27-11-5-10-25(30(31,32)33)28(39-27)29(38)35-24-12-13-26(34-19-24)36-17-14-23(15-18-36)22-8-3-2-4-9-22/h2-4,8-9,12-13,19,21,23,27H,5-7,10-11,14-18,20H2,1H3,(H,35,38). The summed E-state index contributed by atoms with van der Waals surface area (Å²) in [6.45, 7) is 5.39. The first-order valence-corrected chi connectivity index (χ1v) is 14.1. The number of rotatable bonds is 5. The molecule has 39 heavy (non-hydrogen) atoms. The van der Waals surface area contributed by atoms with Crippen molar-refractivity contribution in [1.82, 2.24) is 9.88 Å². The number of alkyl halides is 3. The van der Waals surface area contributed by atoms with E-state index in [9.17, 15) is 18.0 Å². The van der Waals surface area contributed by atoms with E-state index in [2.05, 4.69) is 51.3 Å². The second-order valence-corrected chi connectivity index (χ2v) is 11.0. The lowest BCUT2D eigenvalue weighted by Crippen LogP contribution is -2.43. The fourth-order valence-electron chi connectivity index (χ4n) is 6.04. The molecule has 1 aromatic heterocycles. The molecule has 2 fully saturated rings. The summed E-state index contributed by atoms with van der Waals surface area (Å²) in [7, 11) is 0. The van der Waals surface area contributed by atoms with E-state index in [0.29, 0.717) is 30.4 Å². The van der Waals surface area contributed by atoms with Crippen LogP contribution in [0.25, 0.3) is 0 Å². The summed E-state index contributed by atoms with van der Waals surface area (Å²) in [5, 5.41) is 2.61. The number of carbonyl (C=O) groups is 1. The second kappa shape index (κ2) is 12.0. The molecule has 0 saturated carbocycles. The molecule has 1 amide bonds. The van der Waals surface area contributed by atoms with Crippen LogP contribution in [0.2, 0.25) is 0 Å². The highest BCUT2D eigenvalue weighted by molar-refractivity contribution is 6.03. The third-order valence-corrected chi connectivity index (χ3v) is 8.15. The van der Waals surface area contributed by atoms with Crippen LogP contribution in [0, 0.1) is 5.92 Å². The average Bonchev–Trinajstić information content (AvgIpc) is 3.18. The number of benzene rings is 1. The first-order chi connectivity index (χ1) is 18.8. The minimum Gasteiger partial charge on any atom is -0.469 e. The molecule has 1 aromatic carbocycles. The van der Waals surface area contributed by atoms with Gasteiger partial charge in [-0.05, 0) is 74.5 Å². The SMILES string of the molecule is CC1CCCN(C2CCCC(C(F)(F)F)=C(C(=O)Nc3ccc(N4CCC(c5ccccc5)CC4)nc3)O2)C1. The molecule has 2 atom stereocenters. The number of nitrogens with zero attached hydrogens (tertiary/aromatic N) is 3. The van der Waals surface area contributed by atoms with Gasteiger partial charge in [0.15, 0.2) is 12.0 Å². The summed E-state index contributed by atoms with van der Waals surface area (Å²) in [4.78, 5) is 22.0. The molecular formula is C30H37F3N4O2. The van der Waals surface area contributed by atoms with Gasteiger partial charge in [-0.15, -0.1) is 0 Å². The molecule has 2 unspecified atom stereocenters. The number of ether oxygens (including phenoxy) is 1. The van der Waals surface area contributed by atoms with Crippen molar-refractivity contribution in [2.45, 2.75) is 70.2 Å². The minimum atomic E-state index is -4.63. The van der Waals surface area contributed by atoms with Gasteiger partial charge in [0, 0.05) is 26.2 Å². The number of hydrogen-bond donors (Lipinski definition) is 1. The molecule has 0 spiro atoms. The highest BCUT2D eigenvalue weighted by atomic mass is 19.4. The number of carbonyl (C=O) groups excluding carboxylic acids is 1. The fraction of sp³-hybridized carbons (Fsp3) is 0.533. The van der Waals surface area contributed by atoms with E-state index in [0.717, 1.165) is 57.7 Å². The number of aromatic nitrogens is 1. The fourth-order valence-corrected chi connectivity index (χ4v) is 6.04. The van der Waals surface area contributed by atoms with Crippen LogP contribution in [0.4, 0.5) is 24.7 Å². The summed E-state index contributed by atoms with van der Waals surface area (Å²) < 4.78 is 47.7. The normalized spacial score (nSPS) is 23.7. The Morgan fingerprint density at radius 1 is 1.00 bits per heavy atom. The number of allylic oxidation sites excluding steroid dienone is 1. The maximum atomic E-state index is 13.9. The molecular weight excluding hydrogens is 505 g/mol. The van der Waals surface area contributed by atoms with Crippen LogP contribution in [-0.2, 0) is 9.53 Å². The van der Waals surface area contributed by atoms with Crippen molar-refractivity contribution in [3.8, 4) is 0 Å². The van der Waals surface area contributed by atoms with Gasteiger partial charge in [-0.3, -0.25) is 9.69 Å². The molecule has 210 valence electrons. The van der Waals surface area contributed by atoms with Crippen molar-refractivity contribution in [2.75, 3.05) is 36.4 Å². The van der Waals surface area contributed by atoms with Gasteiger partial charge < -0.3 is 15.0 Å². The topological polar surface area (TPSA) is 57.7 Å². The molecule has 4 heterocycles. The Morgan fingerprint density at radius 2 is 1.77 bits per heavy atom. The first-order valence-electron chi connectivity index (χ1n) is 14.1. The number of halogens is 3. The summed E-state index contributed by atoms with van der Waals surface area (Å²) in [6, 6.07) is 14.0. The maximum absolute atomic E-state index is 13.9. The molecule has 3 aliphatic rings. The number of nitrogens with one attached hydrogen (secondary N) is 1. The Hall–Kier alpha value is -3.07. The largest absolute Gasteiger partial charge is 0.469 e. The van der Waals surface area contributed by atoms with Crippen LogP contribution in [0.1, 0.15) is 63.4 Å². The lowest BCUT2D eigenvalue weighted by molar-refractivity contribution is -0.125. The van der Waals surface area contributed by atoms with Crippen LogP contribution in [-0.4, -0.2) is 54.4 Å². The van der Waals surface area contributed by atoms with Crippen LogP contribution in [0.5, 0.6) is 0 Å². The Labute approximate surface area is 228 Å². The van der Waals surface area contributed by atoms with Gasteiger partial charge in [-0.2, -0.15) is 13.2 Å². The predicted octanol–water partition coefficient (Wildman–Crippen LogP) is 6.48. The first kappa shape index (κ1) is 27.5. The highest BCUT2D eigenvalue weighted by Crippen LogP contribution is 2.37. The summed E-state index contributed by atoms with van der Waals surface area (Å²) in [5.41, 5.74) is 0.805. The van der Waals surface area contributed by atoms with Crippen molar-refractivity contribution in [3.05, 3.63) is 65.6 Å². The third kappa shape index (κ3) is 6.75. The smallest absolute Gasteiger partial charge is 0.416 e. The third-order valence-electron chi connectivity index (χ3n) is 8.15. The Kier molecular flexibility index (Phi) is 8.45. The van der Waals surface area contributed by atoms with Crippen molar-refractivity contribution < 1.29 is 22.7 Å². The maximum Gasteiger partial charge on any atom is 0.416 e. The molecule has 0 bridgehead atoms. The van der Waals surface area contributed by atoms with Gasteiger partial charge in [0.1, 0.15) is 5.82 Å². The van der Waals surface area contributed by atoms with Gasteiger partial charge in [0.05, 0.1) is 17.5 Å². The van der Waals surface area contributed by atoms with E-state index >= 15 is 0 Å². The molecule has 1 N–H and O–H groups in total.